The van der Waals surface area contributed by atoms with Gasteiger partial charge in [0, 0.05) is 12.7 Å². The van der Waals surface area contributed by atoms with E-state index in [9.17, 15) is 13.2 Å². The van der Waals surface area contributed by atoms with Gasteiger partial charge in [0.2, 0.25) is 0 Å². The predicted molar refractivity (Wildman–Crippen MR) is 70.5 cm³/mol. The van der Waals surface area contributed by atoms with Crippen LogP contribution in [0.4, 0.5) is 24.7 Å². The van der Waals surface area contributed by atoms with Crippen LogP contribution in [0.5, 0.6) is 5.75 Å². The topological polar surface area (TPSA) is 77.8 Å². The second-order valence-electron chi connectivity index (χ2n) is 4.30. The van der Waals surface area contributed by atoms with Crippen molar-refractivity contribution in [2.45, 2.75) is 6.36 Å². The minimum atomic E-state index is -4.71. The summed E-state index contributed by atoms with van der Waals surface area (Å²) in [7, 11) is 1.69. The minimum Gasteiger partial charge on any atom is -0.406 e. The molecule has 114 valence electrons. The van der Waals surface area contributed by atoms with Crippen LogP contribution in [0.3, 0.4) is 0 Å². The third-order valence-corrected chi connectivity index (χ3v) is 2.74. The van der Waals surface area contributed by atoms with Gasteiger partial charge in [-0.25, -0.2) is 14.6 Å². The summed E-state index contributed by atoms with van der Waals surface area (Å²) in [5.74, 6) is 0.105. The van der Waals surface area contributed by atoms with E-state index in [0.717, 1.165) is 0 Å². The normalized spacial score (nSPS) is 11.6. The van der Waals surface area contributed by atoms with E-state index in [2.05, 4.69) is 30.3 Å². The second kappa shape index (κ2) is 5.13. The minimum absolute atomic E-state index is 0.301. The molecule has 0 aliphatic carbocycles. The lowest BCUT2D eigenvalue weighted by Gasteiger charge is -2.10. The van der Waals surface area contributed by atoms with Gasteiger partial charge < -0.3 is 10.1 Å². The van der Waals surface area contributed by atoms with Crippen LogP contribution in [-0.4, -0.2) is 31.3 Å². The fourth-order valence-corrected chi connectivity index (χ4v) is 1.82. The highest BCUT2D eigenvalue weighted by Crippen LogP contribution is 2.26. The molecule has 1 aromatic carbocycles. The van der Waals surface area contributed by atoms with Crippen molar-refractivity contribution in [2.24, 2.45) is 7.05 Å². The van der Waals surface area contributed by atoms with Crippen LogP contribution in [-0.2, 0) is 7.05 Å². The zero-order chi connectivity index (χ0) is 15.7. The second-order valence-corrected chi connectivity index (χ2v) is 4.30. The third-order valence-electron chi connectivity index (χ3n) is 2.74. The Bertz CT molecular complexity index is 799. The molecule has 0 amide bonds. The quantitative estimate of drug-likeness (QED) is 0.800. The van der Waals surface area contributed by atoms with Gasteiger partial charge in [-0.05, 0) is 24.3 Å². The standard InChI is InChI=1S/C12H9F3N6O/c1-21-11-9(19-20-21)10(16-6-17-11)18-7-2-4-8(5-3-7)22-12(13,14)15/h2-6H,1H3,(H,16,17,18). The summed E-state index contributed by atoms with van der Waals surface area (Å²) in [4.78, 5) is 8.09. The molecule has 0 fully saturated rings. The maximum atomic E-state index is 12.1. The van der Waals surface area contributed by atoms with Crippen LogP contribution in [0, 0.1) is 0 Å². The Morgan fingerprint density at radius 2 is 1.86 bits per heavy atom. The van der Waals surface area contributed by atoms with Crippen molar-refractivity contribution >= 4 is 22.7 Å². The van der Waals surface area contributed by atoms with Gasteiger partial charge in [-0.15, -0.1) is 18.3 Å². The number of nitrogens with zero attached hydrogens (tertiary/aromatic N) is 5. The van der Waals surface area contributed by atoms with Gasteiger partial charge in [0.05, 0.1) is 0 Å². The molecule has 0 bridgehead atoms. The molecule has 0 saturated carbocycles. The SMILES string of the molecule is Cn1nnc2c(Nc3ccc(OC(F)(F)F)cc3)ncnc21. The van der Waals surface area contributed by atoms with Crippen LogP contribution in [0.2, 0.25) is 0 Å². The molecule has 7 nitrogen and oxygen atoms in total. The molecule has 0 radical (unpaired) electrons. The number of rotatable bonds is 3. The third kappa shape index (κ3) is 2.90. The fourth-order valence-electron chi connectivity index (χ4n) is 1.82. The molecule has 0 aliphatic rings. The average Bonchev–Trinajstić information content (AvgIpc) is 2.83. The Morgan fingerprint density at radius 1 is 1.14 bits per heavy atom. The van der Waals surface area contributed by atoms with E-state index in [4.69, 9.17) is 0 Å². The van der Waals surface area contributed by atoms with Crippen LogP contribution >= 0.6 is 0 Å². The summed E-state index contributed by atoms with van der Waals surface area (Å²) in [6.07, 6.45) is -3.37. The summed E-state index contributed by atoms with van der Waals surface area (Å²) >= 11 is 0. The Hall–Kier alpha value is -2.91. The molecule has 2 aromatic heterocycles. The first-order valence-corrected chi connectivity index (χ1v) is 6.05. The molecule has 1 N–H and O–H groups in total. The van der Waals surface area contributed by atoms with Crippen LogP contribution in [0.1, 0.15) is 0 Å². The zero-order valence-electron chi connectivity index (χ0n) is 11.2. The molecule has 0 aliphatic heterocycles. The summed E-state index contributed by atoms with van der Waals surface area (Å²) in [6, 6.07) is 5.27. The Morgan fingerprint density at radius 3 is 2.55 bits per heavy atom. The van der Waals surface area contributed by atoms with Gasteiger partial charge in [0.15, 0.2) is 17.0 Å². The van der Waals surface area contributed by atoms with E-state index < -0.39 is 6.36 Å². The maximum absolute atomic E-state index is 12.1. The molecule has 2 heterocycles. The van der Waals surface area contributed by atoms with Gasteiger partial charge in [0.1, 0.15) is 12.1 Å². The highest BCUT2D eigenvalue weighted by molar-refractivity contribution is 5.84. The summed E-state index contributed by atoms with van der Waals surface area (Å²) in [6.45, 7) is 0. The number of aromatic nitrogens is 5. The van der Waals surface area contributed by atoms with E-state index in [-0.39, 0.29) is 5.75 Å². The van der Waals surface area contributed by atoms with Crippen molar-refractivity contribution < 1.29 is 17.9 Å². The molecular formula is C12H9F3N6O. The smallest absolute Gasteiger partial charge is 0.406 e. The van der Waals surface area contributed by atoms with Crippen molar-refractivity contribution in [1.29, 1.82) is 0 Å². The summed E-state index contributed by atoms with van der Waals surface area (Å²) in [5, 5.41) is 10.7. The average molecular weight is 310 g/mol. The molecule has 0 atom stereocenters. The first kappa shape index (κ1) is 14.0. The van der Waals surface area contributed by atoms with Crippen LogP contribution in [0.25, 0.3) is 11.2 Å². The number of ether oxygens (including phenoxy) is 1. The van der Waals surface area contributed by atoms with Crippen LogP contribution < -0.4 is 10.1 Å². The van der Waals surface area contributed by atoms with Crippen molar-refractivity contribution in [1.82, 2.24) is 25.0 Å². The predicted octanol–water partition coefficient (Wildman–Crippen LogP) is 2.40. The van der Waals surface area contributed by atoms with E-state index in [1.165, 1.54) is 35.3 Å². The molecule has 3 aromatic rings. The highest BCUT2D eigenvalue weighted by atomic mass is 19.4. The summed E-state index contributed by atoms with van der Waals surface area (Å²) in [5.41, 5.74) is 1.52. The van der Waals surface area contributed by atoms with Gasteiger partial charge in [0.25, 0.3) is 0 Å². The van der Waals surface area contributed by atoms with Gasteiger partial charge in [-0.3, -0.25) is 0 Å². The van der Waals surface area contributed by atoms with Crippen LogP contribution in [0.15, 0.2) is 30.6 Å². The Balaban J connectivity index is 1.83. The van der Waals surface area contributed by atoms with Crippen molar-refractivity contribution in [3.63, 3.8) is 0 Å². The number of hydrogen-bond acceptors (Lipinski definition) is 6. The molecule has 22 heavy (non-hydrogen) atoms. The zero-order valence-corrected chi connectivity index (χ0v) is 11.2. The molecule has 0 spiro atoms. The van der Waals surface area contributed by atoms with E-state index in [0.29, 0.717) is 22.7 Å². The first-order chi connectivity index (χ1) is 10.4. The number of nitrogens with one attached hydrogen (secondary N) is 1. The summed E-state index contributed by atoms with van der Waals surface area (Å²) < 4.78 is 41.6. The van der Waals surface area contributed by atoms with E-state index >= 15 is 0 Å². The lowest BCUT2D eigenvalue weighted by Crippen LogP contribution is -2.16. The molecular weight excluding hydrogens is 301 g/mol. The van der Waals surface area contributed by atoms with Gasteiger partial charge in [-0.2, -0.15) is 0 Å². The molecule has 10 heteroatoms. The molecule has 0 unspecified atom stereocenters. The lowest BCUT2D eigenvalue weighted by molar-refractivity contribution is -0.274. The van der Waals surface area contributed by atoms with Crippen molar-refractivity contribution in [2.75, 3.05) is 5.32 Å². The molecule has 0 saturated heterocycles. The Kier molecular flexibility index (Phi) is 3.28. The number of benzene rings is 1. The Labute approximate surface area is 121 Å². The van der Waals surface area contributed by atoms with E-state index in [1.54, 1.807) is 7.05 Å². The highest BCUT2D eigenvalue weighted by Gasteiger charge is 2.30. The fraction of sp³-hybridized carbons (Fsp3) is 0.167. The van der Waals surface area contributed by atoms with Crippen molar-refractivity contribution in [3.8, 4) is 5.75 Å². The lowest BCUT2D eigenvalue weighted by atomic mass is 10.3. The number of anilines is 2. The number of aryl methyl sites for hydroxylation is 1. The number of halogens is 3. The van der Waals surface area contributed by atoms with Gasteiger partial charge in [-0.1, -0.05) is 5.21 Å². The van der Waals surface area contributed by atoms with Crippen molar-refractivity contribution in [3.05, 3.63) is 30.6 Å². The first-order valence-electron chi connectivity index (χ1n) is 6.05. The number of fused-ring (bicyclic) bond motifs is 1. The maximum Gasteiger partial charge on any atom is 0.573 e. The largest absolute Gasteiger partial charge is 0.573 e. The molecule has 3 rings (SSSR count). The van der Waals surface area contributed by atoms with E-state index in [1.807, 2.05) is 0 Å². The number of hydrogen-bond donors (Lipinski definition) is 1. The number of alkyl halides is 3. The monoisotopic (exact) mass is 310 g/mol. The van der Waals surface area contributed by atoms with Gasteiger partial charge >= 0.3 is 6.36 Å².